The summed E-state index contributed by atoms with van der Waals surface area (Å²) in [5.74, 6) is 0.781. The van der Waals surface area contributed by atoms with Gasteiger partial charge in [-0.1, -0.05) is 20.3 Å². The van der Waals surface area contributed by atoms with Gasteiger partial charge in [0.2, 0.25) is 0 Å². The van der Waals surface area contributed by atoms with Crippen molar-refractivity contribution in [3.63, 3.8) is 0 Å². The Hall–Kier alpha value is -0.330. The van der Waals surface area contributed by atoms with Crippen LogP contribution in [0.1, 0.15) is 52.9 Å². The summed E-state index contributed by atoms with van der Waals surface area (Å²) >= 11 is 0. The molecule has 0 spiro atoms. The van der Waals surface area contributed by atoms with Gasteiger partial charge in [-0.25, -0.2) is 0 Å². The third kappa shape index (κ3) is 1.70. The standard InChI is InChI=1S/C11H20O/c1-4-6-10(9(3)12)11(5-2)7-8-11/h10H,4-8H2,1-3H3/t10-/m1/s1. The zero-order chi connectivity index (χ0) is 9.19. The van der Waals surface area contributed by atoms with Crippen molar-refractivity contribution >= 4 is 5.78 Å². The monoisotopic (exact) mass is 168 g/mol. The largest absolute Gasteiger partial charge is 0.300 e. The topological polar surface area (TPSA) is 17.1 Å². The van der Waals surface area contributed by atoms with Crippen molar-refractivity contribution in [3.8, 4) is 0 Å². The summed E-state index contributed by atoms with van der Waals surface area (Å²) < 4.78 is 0. The molecule has 12 heavy (non-hydrogen) atoms. The molecule has 0 N–H and O–H groups in total. The van der Waals surface area contributed by atoms with E-state index in [-0.39, 0.29) is 0 Å². The molecular formula is C11H20O. The molecule has 0 amide bonds. The van der Waals surface area contributed by atoms with Gasteiger partial charge in [-0.05, 0) is 38.0 Å². The SMILES string of the molecule is CCC[C@H](C(C)=O)C1(CC)CC1. The molecule has 0 aromatic rings. The molecule has 0 aromatic heterocycles. The Labute approximate surface area is 75.5 Å². The second kappa shape index (κ2) is 3.59. The molecule has 0 aliphatic heterocycles. The highest BCUT2D eigenvalue weighted by atomic mass is 16.1. The van der Waals surface area contributed by atoms with E-state index in [1.165, 1.54) is 19.3 Å². The summed E-state index contributed by atoms with van der Waals surface area (Å²) in [5.41, 5.74) is 0.432. The summed E-state index contributed by atoms with van der Waals surface area (Å²) in [6, 6.07) is 0. The molecule has 1 fully saturated rings. The van der Waals surface area contributed by atoms with Gasteiger partial charge in [-0.3, -0.25) is 4.79 Å². The Morgan fingerprint density at radius 2 is 2.00 bits per heavy atom. The van der Waals surface area contributed by atoms with Crippen LogP contribution in [0.3, 0.4) is 0 Å². The fourth-order valence-corrected chi connectivity index (χ4v) is 2.34. The first-order chi connectivity index (χ1) is 5.66. The molecule has 1 nitrogen and oxygen atoms in total. The predicted octanol–water partition coefficient (Wildman–Crippen LogP) is 3.18. The fraction of sp³-hybridized carbons (Fsp3) is 0.909. The quantitative estimate of drug-likeness (QED) is 0.616. The first-order valence-electron chi connectivity index (χ1n) is 5.16. The highest BCUT2D eigenvalue weighted by molar-refractivity contribution is 5.79. The molecule has 1 heteroatoms. The minimum atomic E-state index is 0.368. The molecule has 0 unspecified atom stereocenters. The molecule has 1 aliphatic rings. The van der Waals surface area contributed by atoms with E-state index in [4.69, 9.17) is 0 Å². The second-order valence-corrected chi connectivity index (χ2v) is 4.17. The minimum absolute atomic E-state index is 0.368. The van der Waals surface area contributed by atoms with Gasteiger partial charge >= 0.3 is 0 Å². The van der Waals surface area contributed by atoms with E-state index >= 15 is 0 Å². The van der Waals surface area contributed by atoms with Crippen LogP contribution in [0.15, 0.2) is 0 Å². The van der Waals surface area contributed by atoms with Gasteiger partial charge in [0.15, 0.2) is 0 Å². The number of hydrogen-bond acceptors (Lipinski definition) is 1. The first kappa shape index (κ1) is 9.76. The van der Waals surface area contributed by atoms with E-state index in [0.717, 1.165) is 12.8 Å². The molecule has 0 aromatic carbocycles. The summed E-state index contributed by atoms with van der Waals surface area (Å²) in [7, 11) is 0. The van der Waals surface area contributed by atoms with Crippen molar-refractivity contribution in [1.29, 1.82) is 0 Å². The number of hydrogen-bond donors (Lipinski definition) is 0. The van der Waals surface area contributed by atoms with Crippen LogP contribution in [-0.4, -0.2) is 5.78 Å². The molecule has 0 bridgehead atoms. The molecule has 70 valence electrons. The van der Waals surface area contributed by atoms with Crippen molar-refractivity contribution in [2.75, 3.05) is 0 Å². The van der Waals surface area contributed by atoms with Crippen molar-refractivity contribution in [1.82, 2.24) is 0 Å². The molecule has 1 rings (SSSR count). The average molecular weight is 168 g/mol. The number of Topliss-reactive ketones (excluding diaryl/α,β-unsaturated/α-hetero) is 1. The molecule has 0 heterocycles. The molecule has 1 atom stereocenters. The van der Waals surface area contributed by atoms with E-state index in [9.17, 15) is 4.79 Å². The van der Waals surface area contributed by atoms with E-state index < -0.39 is 0 Å². The number of ketones is 1. The lowest BCUT2D eigenvalue weighted by Gasteiger charge is -2.22. The van der Waals surface area contributed by atoms with Crippen LogP contribution in [0.4, 0.5) is 0 Å². The van der Waals surface area contributed by atoms with Gasteiger partial charge in [0.25, 0.3) is 0 Å². The fourth-order valence-electron chi connectivity index (χ4n) is 2.34. The number of carbonyl (C=O) groups is 1. The highest BCUT2D eigenvalue weighted by Gasteiger charge is 2.48. The summed E-state index contributed by atoms with van der Waals surface area (Å²) in [5, 5.41) is 0. The van der Waals surface area contributed by atoms with E-state index in [0.29, 0.717) is 17.1 Å². The van der Waals surface area contributed by atoms with Gasteiger partial charge in [-0.15, -0.1) is 0 Å². The maximum atomic E-state index is 11.4. The van der Waals surface area contributed by atoms with Crippen LogP contribution < -0.4 is 0 Å². The Bertz CT molecular complexity index is 168. The Morgan fingerprint density at radius 1 is 1.42 bits per heavy atom. The third-order valence-corrected chi connectivity index (χ3v) is 3.40. The van der Waals surface area contributed by atoms with E-state index in [1.54, 1.807) is 6.92 Å². The maximum Gasteiger partial charge on any atom is 0.133 e. The van der Waals surface area contributed by atoms with Crippen LogP contribution in [0, 0.1) is 11.3 Å². The van der Waals surface area contributed by atoms with Gasteiger partial charge in [0, 0.05) is 5.92 Å². The van der Waals surface area contributed by atoms with Crippen LogP contribution in [0.2, 0.25) is 0 Å². The molecule has 1 saturated carbocycles. The van der Waals surface area contributed by atoms with Crippen LogP contribution in [0.5, 0.6) is 0 Å². The average Bonchev–Trinajstić information content (AvgIpc) is 2.80. The zero-order valence-corrected chi connectivity index (χ0v) is 8.52. The summed E-state index contributed by atoms with van der Waals surface area (Å²) in [6.45, 7) is 6.15. The van der Waals surface area contributed by atoms with Gasteiger partial charge in [0.1, 0.15) is 5.78 Å². The zero-order valence-electron chi connectivity index (χ0n) is 8.52. The van der Waals surface area contributed by atoms with Crippen molar-refractivity contribution in [2.24, 2.45) is 11.3 Å². The lowest BCUT2D eigenvalue weighted by Crippen LogP contribution is -2.22. The van der Waals surface area contributed by atoms with Crippen LogP contribution in [-0.2, 0) is 4.79 Å². The normalized spacial score (nSPS) is 21.9. The molecule has 1 aliphatic carbocycles. The Balaban J connectivity index is 2.59. The summed E-state index contributed by atoms with van der Waals surface area (Å²) in [6.07, 6.45) is 6.01. The Morgan fingerprint density at radius 3 is 2.25 bits per heavy atom. The highest BCUT2D eigenvalue weighted by Crippen LogP contribution is 2.56. The predicted molar refractivity (Wildman–Crippen MR) is 51.0 cm³/mol. The van der Waals surface area contributed by atoms with Gasteiger partial charge in [-0.2, -0.15) is 0 Å². The summed E-state index contributed by atoms with van der Waals surface area (Å²) in [4.78, 5) is 11.4. The lowest BCUT2D eigenvalue weighted by atomic mass is 9.81. The first-order valence-corrected chi connectivity index (χ1v) is 5.16. The van der Waals surface area contributed by atoms with Crippen LogP contribution >= 0.6 is 0 Å². The van der Waals surface area contributed by atoms with E-state index in [2.05, 4.69) is 13.8 Å². The van der Waals surface area contributed by atoms with Gasteiger partial charge in [0.05, 0.1) is 0 Å². The van der Waals surface area contributed by atoms with Gasteiger partial charge < -0.3 is 0 Å². The smallest absolute Gasteiger partial charge is 0.133 e. The number of rotatable bonds is 5. The second-order valence-electron chi connectivity index (χ2n) is 4.17. The number of carbonyl (C=O) groups excluding carboxylic acids is 1. The van der Waals surface area contributed by atoms with Crippen molar-refractivity contribution < 1.29 is 4.79 Å². The third-order valence-electron chi connectivity index (χ3n) is 3.40. The Kier molecular flexibility index (Phi) is 2.92. The molecule has 0 saturated heterocycles. The van der Waals surface area contributed by atoms with Crippen molar-refractivity contribution in [3.05, 3.63) is 0 Å². The maximum absolute atomic E-state index is 11.4. The minimum Gasteiger partial charge on any atom is -0.300 e. The van der Waals surface area contributed by atoms with E-state index in [1.807, 2.05) is 0 Å². The van der Waals surface area contributed by atoms with Crippen molar-refractivity contribution in [2.45, 2.75) is 52.9 Å². The molecular weight excluding hydrogens is 148 g/mol. The molecule has 0 radical (unpaired) electrons. The lowest BCUT2D eigenvalue weighted by molar-refractivity contribution is -0.123. The van der Waals surface area contributed by atoms with Crippen LogP contribution in [0.25, 0.3) is 0 Å².